The van der Waals surface area contributed by atoms with Crippen molar-refractivity contribution in [2.24, 2.45) is 0 Å². The molecule has 0 amide bonds. The molecule has 1 rings (SSSR count). The predicted octanol–water partition coefficient (Wildman–Crippen LogP) is 2.80. The summed E-state index contributed by atoms with van der Waals surface area (Å²) >= 11 is 0. The lowest BCUT2D eigenvalue weighted by molar-refractivity contribution is -0.201. The van der Waals surface area contributed by atoms with Crippen molar-refractivity contribution >= 4 is 5.97 Å². The summed E-state index contributed by atoms with van der Waals surface area (Å²) in [5.41, 5.74) is 0.164. The first-order valence-corrected chi connectivity index (χ1v) is 4.34. The topological polar surface area (TPSA) is 26.3 Å². The van der Waals surface area contributed by atoms with Gasteiger partial charge in [-0.25, -0.2) is 9.18 Å². The Kier molecular flexibility index (Phi) is 3.87. The third-order valence-electron chi connectivity index (χ3n) is 1.75. The molecule has 0 radical (unpaired) electrons. The molecule has 88 valence electrons. The monoisotopic (exact) mass is 236 g/mol. The SMILES string of the molecule is O=C(OCC(F)c1ccccc1)C(F)(F)F. The van der Waals surface area contributed by atoms with Crippen LogP contribution in [0.1, 0.15) is 11.7 Å². The van der Waals surface area contributed by atoms with Crippen LogP contribution in [-0.4, -0.2) is 18.8 Å². The number of rotatable bonds is 3. The molecule has 1 aromatic carbocycles. The van der Waals surface area contributed by atoms with E-state index in [0.717, 1.165) is 0 Å². The van der Waals surface area contributed by atoms with Crippen LogP contribution >= 0.6 is 0 Å². The lowest BCUT2D eigenvalue weighted by Gasteiger charge is -2.10. The van der Waals surface area contributed by atoms with Crippen molar-refractivity contribution in [2.45, 2.75) is 12.3 Å². The van der Waals surface area contributed by atoms with Gasteiger partial charge in [0.1, 0.15) is 6.61 Å². The molecule has 0 N–H and O–H groups in total. The van der Waals surface area contributed by atoms with Crippen LogP contribution < -0.4 is 0 Å². The van der Waals surface area contributed by atoms with Crippen molar-refractivity contribution in [1.29, 1.82) is 0 Å². The fraction of sp³-hybridized carbons (Fsp3) is 0.300. The van der Waals surface area contributed by atoms with Gasteiger partial charge in [0, 0.05) is 0 Å². The second-order valence-electron chi connectivity index (χ2n) is 2.97. The highest BCUT2D eigenvalue weighted by atomic mass is 19.4. The van der Waals surface area contributed by atoms with E-state index in [0.29, 0.717) is 0 Å². The van der Waals surface area contributed by atoms with E-state index in [9.17, 15) is 22.4 Å². The Bertz CT molecular complexity index is 348. The van der Waals surface area contributed by atoms with Crippen LogP contribution in [0.2, 0.25) is 0 Å². The zero-order chi connectivity index (χ0) is 12.2. The molecule has 1 aromatic rings. The van der Waals surface area contributed by atoms with Gasteiger partial charge >= 0.3 is 12.1 Å². The van der Waals surface area contributed by atoms with E-state index < -0.39 is 24.9 Å². The summed E-state index contributed by atoms with van der Waals surface area (Å²) in [6, 6.07) is 7.50. The van der Waals surface area contributed by atoms with Crippen LogP contribution in [0.15, 0.2) is 30.3 Å². The van der Waals surface area contributed by atoms with Gasteiger partial charge in [-0.05, 0) is 5.56 Å². The number of esters is 1. The van der Waals surface area contributed by atoms with E-state index in [2.05, 4.69) is 4.74 Å². The van der Waals surface area contributed by atoms with Gasteiger partial charge in [0.2, 0.25) is 0 Å². The zero-order valence-corrected chi connectivity index (χ0v) is 8.00. The largest absolute Gasteiger partial charge is 0.490 e. The van der Waals surface area contributed by atoms with E-state index in [1.54, 1.807) is 6.07 Å². The third-order valence-corrected chi connectivity index (χ3v) is 1.75. The Morgan fingerprint density at radius 3 is 2.31 bits per heavy atom. The molecule has 2 nitrogen and oxygen atoms in total. The molecule has 0 fully saturated rings. The van der Waals surface area contributed by atoms with Crippen LogP contribution in [0.3, 0.4) is 0 Å². The summed E-state index contributed by atoms with van der Waals surface area (Å²) in [6.07, 6.45) is -6.84. The zero-order valence-electron chi connectivity index (χ0n) is 8.00. The molecule has 0 aromatic heterocycles. The van der Waals surface area contributed by atoms with Crippen molar-refractivity contribution in [1.82, 2.24) is 0 Å². The Labute approximate surface area is 88.8 Å². The molecule has 0 aliphatic rings. The maximum Gasteiger partial charge on any atom is 0.490 e. The van der Waals surface area contributed by atoms with Gasteiger partial charge in [-0.3, -0.25) is 0 Å². The standard InChI is InChI=1S/C10H8F4O2/c11-8(7-4-2-1-3-5-7)6-16-9(15)10(12,13)14/h1-5,8H,6H2. The molecule has 0 aliphatic heterocycles. The third kappa shape index (κ3) is 3.52. The highest BCUT2D eigenvalue weighted by molar-refractivity contribution is 5.75. The smallest absolute Gasteiger partial charge is 0.456 e. The minimum atomic E-state index is -5.09. The average Bonchev–Trinajstić information content (AvgIpc) is 2.25. The first kappa shape index (κ1) is 12.5. The summed E-state index contributed by atoms with van der Waals surface area (Å²) < 4.78 is 52.1. The molecule has 16 heavy (non-hydrogen) atoms. The van der Waals surface area contributed by atoms with Crippen LogP contribution in [0, 0.1) is 0 Å². The van der Waals surface area contributed by atoms with Gasteiger partial charge in [0.25, 0.3) is 0 Å². The number of carbonyl (C=O) groups excluding carboxylic acids is 1. The van der Waals surface area contributed by atoms with E-state index in [1.165, 1.54) is 24.3 Å². The van der Waals surface area contributed by atoms with Gasteiger partial charge in [-0.2, -0.15) is 13.2 Å². The number of hydrogen-bond acceptors (Lipinski definition) is 2. The Balaban J connectivity index is 2.48. The minimum absolute atomic E-state index is 0.164. The predicted molar refractivity (Wildman–Crippen MR) is 47.3 cm³/mol. The Hall–Kier alpha value is -1.59. The molecular formula is C10H8F4O2. The maximum absolute atomic E-state index is 13.2. The Morgan fingerprint density at radius 2 is 1.81 bits per heavy atom. The fourth-order valence-corrected chi connectivity index (χ4v) is 0.989. The second kappa shape index (κ2) is 4.96. The lowest BCUT2D eigenvalue weighted by atomic mass is 10.1. The van der Waals surface area contributed by atoms with Crippen LogP contribution in [-0.2, 0) is 9.53 Å². The van der Waals surface area contributed by atoms with Crippen LogP contribution in [0.4, 0.5) is 17.6 Å². The van der Waals surface area contributed by atoms with Gasteiger partial charge in [-0.15, -0.1) is 0 Å². The van der Waals surface area contributed by atoms with Crippen LogP contribution in [0.25, 0.3) is 0 Å². The summed E-state index contributed by atoms with van der Waals surface area (Å²) in [5.74, 6) is -2.38. The number of carbonyl (C=O) groups is 1. The number of ether oxygens (including phenoxy) is 1. The quantitative estimate of drug-likeness (QED) is 0.595. The molecule has 0 aliphatic carbocycles. The summed E-state index contributed by atoms with van der Waals surface area (Å²) in [5, 5.41) is 0. The van der Waals surface area contributed by atoms with Crippen molar-refractivity contribution in [2.75, 3.05) is 6.61 Å². The molecule has 0 saturated heterocycles. The lowest BCUT2D eigenvalue weighted by Crippen LogP contribution is -2.26. The van der Waals surface area contributed by atoms with Crippen LogP contribution in [0.5, 0.6) is 0 Å². The highest BCUT2D eigenvalue weighted by Crippen LogP contribution is 2.20. The van der Waals surface area contributed by atoms with Gasteiger partial charge in [0.15, 0.2) is 6.17 Å². The summed E-state index contributed by atoms with van der Waals surface area (Å²) in [6.45, 7) is -0.942. The molecule has 0 spiro atoms. The minimum Gasteiger partial charge on any atom is -0.456 e. The number of halogens is 4. The normalized spacial score (nSPS) is 13.2. The first-order chi connectivity index (χ1) is 7.41. The number of benzene rings is 1. The molecule has 0 heterocycles. The van der Waals surface area contributed by atoms with E-state index in [1.807, 2.05) is 0 Å². The van der Waals surface area contributed by atoms with E-state index in [4.69, 9.17) is 0 Å². The molecule has 0 bridgehead atoms. The summed E-state index contributed by atoms with van der Waals surface area (Å²) in [4.78, 5) is 10.3. The van der Waals surface area contributed by atoms with E-state index in [-0.39, 0.29) is 5.56 Å². The van der Waals surface area contributed by atoms with Crippen molar-refractivity contribution in [3.63, 3.8) is 0 Å². The molecule has 0 saturated carbocycles. The molecule has 1 unspecified atom stereocenters. The highest BCUT2D eigenvalue weighted by Gasteiger charge is 2.41. The Morgan fingerprint density at radius 1 is 1.25 bits per heavy atom. The van der Waals surface area contributed by atoms with Crippen molar-refractivity contribution < 1.29 is 27.1 Å². The molecule has 1 atom stereocenters. The second-order valence-corrected chi connectivity index (χ2v) is 2.97. The first-order valence-electron chi connectivity index (χ1n) is 4.34. The number of alkyl halides is 4. The maximum atomic E-state index is 13.2. The van der Waals surface area contributed by atoms with Gasteiger partial charge in [-0.1, -0.05) is 30.3 Å². The van der Waals surface area contributed by atoms with E-state index >= 15 is 0 Å². The summed E-state index contributed by atoms with van der Waals surface area (Å²) in [7, 11) is 0. The fourth-order valence-electron chi connectivity index (χ4n) is 0.989. The van der Waals surface area contributed by atoms with Gasteiger partial charge in [0.05, 0.1) is 0 Å². The van der Waals surface area contributed by atoms with Crippen molar-refractivity contribution in [3.8, 4) is 0 Å². The molecular weight excluding hydrogens is 228 g/mol. The van der Waals surface area contributed by atoms with Crippen molar-refractivity contribution in [3.05, 3.63) is 35.9 Å². The molecule has 6 heteroatoms. The van der Waals surface area contributed by atoms with Gasteiger partial charge < -0.3 is 4.74 Å². The number of hydrogen-bond donors (Lipinski definition) is 0. The average molecular weight is 236 g/mol.